The molecule has 0 spiro atoms. The van der Waals surface area contributed by atoms with E-state index in [1.807, 2.05) is 30.3 Å². The third kappa shape index (κ3) is 2.65. The second kappa shape index (κ2) is 5.40. The number of rotatable bonds is 4. The first-order chi connectivity index (χ1) is 10.1. The molecule has 4 nitrogen and oxygen atoms in total. The summed E-state index contributed by atoms with van der Waals surface area (Å²) in [7, 11) is 0. The molecule has 0 atom stereocenters. The Labute approximate surface area is 122 Å². The second-order valence-electron chi connectivity index (χ2n) is 5.11. The number of anilines is 1. The van der Waals surface area contributed by atoms with Crippen molar-refractivity contribution in [3.8, 4) is 0 Å². The highest BCUT2D eigenvalue weighted by Crippen LogP contribution is 2.29. The highest BCUT2D eigenvalue weighted by atomic mass is 16.4. The van der Waals surface area contributed by atoms with Gasteiger partial charge < -0.3 is 10.0 Å². The van der Waals surface area contributed by atoms with E-state index >= 15 is 0 Å². The molecule has 0 bridgehead atoms. The van der Waals surface area contributed by atoms with E-state index in [9.17, 15) is 9.59 Å². The normalized spacial score (nSPS) is 13.3. The highest BCUT2D eigenvalue weighted by molar-refractivity contribution is 6.02. The van der Waals surface area contributed by atoms with E-state index in [1.54, 1.807) is 23.1 Å². The van der Waals surface area contributed by atoms with Crippen molar-refractivity contribution in [2.75, 3.05) is 11.4 Å². The van der Waals surface area contributed by atoms with Crippen LogP contribution in [0.15, 0.2) is 48.5 Å². The summed E-state index contributed by atoms with van der Waals surface area (Å²) in [6, 6.07) is 14.9. The fourth-order valence-corrected chi connectivity index (χ4v) is 2.65. The molecule has 4 heteroatoms. The lowest BCUT2D eigenvalue weighted by atomic mass is 10.1. The predicted octanol–water partition coefficient (Wildman–Crippen LogP) is 2.52. The van der Waals surface area contributed by atoms with Crippen molar-refractivity contribution in [1.82, 2.24) is 0 Å². The zero-order valence-electron chi connectivity index (χ0n) is 11.5. The average molecular weight is 281 g/mol. The summed E-state index contributed by atoms with van der Waals surface area (Å²) in [5.41, 5.74) is 3.04. The molecule has 21 heavy (non-hydrogen) atoms. The van der Waals surface area contributed by atoms with E-state index in [4.69, 9.17) is 5.11 Å². The highest BCUT2D eigenvalue weighted by Gasteiger charge is 2.27. The van der Waals surface area contributed by atoms with E-state index in [2.05, 4.69) is 0 Å². The van der Waals surface area contributed by atoms with Crippen LogP contribution >= 0.6 is 0 Å². The van der Waals surface area contributed by atoms with E-state index < -0.39 is 5.97 Å². The van der Waals surface area contributed by atoms with Gasteiger partial charge in [0.05, 0.1) is 12.0 Å². The number of carbonyl (C=O) groups excluding carboxylic acids is 1. The largest absolute Gasteiger partial charge is 0.478 e. The van der Waals surface area contributed by atoms with Gasteiger partial charge in [0.1, 0.15) is 0 Å². The lowest BCUT2D eigenvalue weighted by molar-refractivity contribution is -0.117. The molecule has 1 aliphatic rings. The van der Waals surface area contributed by atoms with Crippen molar-refractivity contribution in [2.45, 2.75) is 12.8 Å². The molecule has 106 valence electrons. The maximum absolute atomic E-state index is 12.1. The zero-order chi connectivity index (χ0) is 14.8. The van der Waals surface area contributed by atoms with Gasteiger partial charge >= 0.3 is 5.97 Å². The van der Waals surface area contributed by atoms with E-state index in [1.165, 1.54) is 5.56 Å². The van der Waals surface area contributed by atoms with Gasteiger partial charge in [-0.3, -0.25) is 4.79 Å². The molecular formula is C17H15NO3. The molecule has 1 N–H and O–H groups in total. The summed E-state index contributed by atoms with van der Waals surface area (Å²) >= 11 is 0. The summed E-state index contributed by atoms with van der Waals surface area (Å²) in [5, 5.41) is 9.00. The van der Waals surface area contributed by atoms with Gasteiger partial charge in [-0.25, -0.2) is 4.79 Å². The number of hydrogen-bond acceptors (Lipinski definition) is 2. The Bertz CT molecular complexity index is 694. The smallest absolute Gasteiger partial charge is 0.335 e. The number of benzene rings is 2. The number of amides is 1. The molecule has 0 radical (unpaired) electrons. The first-order valence-electron chi connectivity index (χ1n) is 6.85. The minimum absolute atomic E-state index is 0.0310. The molecule has 0 saturated heterocycles. The molecule has 1 aliphatic heterocycles. The molecule has 0 aromatic heterocycles. The number of carbonyl (C=O) groups is 2. The third-order valence-electron chi connectivity index (χ3n) is 3.73. The first kappa shape index (κ1) is 13.4. The quantitative estimate of drug-likeness (QED) is 0.936. The van der Waals surface area contributed by atoms with Gasteiger partial charge in [-0.05, 0) is 35.7 Å². The summed E-state index contributed by atoms with van der Waals surface area (Å²) < 4.78 is 0. The standard InChI is InChI=1S/C17H15NO3/c19-16-11-14-10-13(17(20)21)6-7-15(14)18(16)9-8-12-4-2-1-3-5-12/h1-7,10H,8-9,11H2,(H,20,21). The van der Waals surface area contributed by atoms with Gasteiger partial charge in [0.15, 0.2) is 0 Å². The fraction of sp³-hybridized carbons (Fsp3) is 0.176. The minimum atomic E-state index is -0.965. The summed E-state index contributed by atoms with van der Waals surface area (Å²) in [6.45, 7) is 0.613. The molecule has 0 saturated carbocycles. The van der Waals surface area contributed by atoms with Crippen molar-refractivity contribution < 1.29 is 14.7 Å². The number of fused-ring (bicyclic) bond motifs is 1. The topological polar surface area (TPSA) is 57.6 Å². The summed E-state index contributed by atoms with van der Waals surface area (Å²) in [5.74, 6) is -0.934. The van der Waals surface area contributed by atoms with Crippen LogP contribution in [0.4, 0.5) is 5.69 Å². The number of nitrogens with zero attached hydrogens (tertiary/aromatic N) is 1. The summed E-state index contributed by atoms with van der Waals surface area (Å²) in [6.07, 6.45) is 1.07. The molecule has 3 rings (SSSR count). The Morgan fingerprint density at radius 1 is 1.14 bits per heavy atom. The molecule has 1 heterocycles. The predicted molar refractivity (Wildman–Crippen MR) is 79.6 cm³/mol. The van der Waals surface area contributed by atoms with Gasteiger partial charge in [0, 0.05) is 12.2 Å². The molecule has 2 aromatic carbocycles. The van der Waals surface area contributed by atoms with Crippen LogP contribution in [-0.4, -0.2) is 23.5 Å². The Balaban J connectivity index is 1.79. The molecule has 0 aliphatic carbocycles. The van der Waals surface area contributed by atoms with E-state index in [0.29, 0.717) is 6.54 Å². The van der Waals surface area contributed by atoms with Crippen molar-refractivity contribution in [3.05, 3.63) is 65.2 Å². The average Bonchev–Trinajstić information content (AvgIpc) is 2.80. The molecule has 0 fully saturated rings. The lowest BCUT2D eigenvalue weighted by Gasteiger charge is -2.17. The Kier molecular flexibility index (Phi) is 3.44. The van der Waals surface area contributed by atoms with Gasteiger partial charge in [-0.15, -0.1) is 0 Å². The number of aromatic carboxylic acids is 1. The molecule has 2 aromatic rings. The number of hydrogen-bond donors (Lipinski definition) is 1. The Morgan fingerprint density at radius 3 is 2.62 bits per heavy atom. The Hall–Kier alpha value is -2.62. The van der Waals surface area contributed by atoms with Crippen LogP contribution in [0.3, 0.4) is 0 Å². The SMILES string of the molecule is O=C(O)c1ccc2c(c1)CC(=O)N2CCc1ccccc1. The lowest BCUT2D eigenvalue weighted by Crippen LogP contribution is -2.28. The molecular weight excluding hydrogens is 266 g/mol. The second-order valence-corrected chi connectivity index (χ2v) is 5.11. The maximum Gasteiger partial charge on any atom is 0.335 e. The zero-order valence-corrected chi connectivity index (χ0v) is 11.5. The van der Waals surface area contributed by atoms with Crippen molar-refractivity contribution in [1.29, 1.82) is 0 Å². The Morgan fingerprint density at radius 2 is 1.90 bits per heavy atom. The van der Waals surface area contributed by atoms with Gasteiger partial charge in [-0.1, -0.05) is 30.3 Å². The first-order valence-corrected chi connectivity index (χ1v) is 6.85. The van der Waals surface area contributed by atoms with E-state index in [0.717, 1.165) is 17.7 Å². The van der Waals surface area contributed by atoms with Crippen LogP contribution < -0.4 is 4.90 Å². The van der Waals surface area contributed by atoms with Crippen LogP contribution in [-0.2, 0) is 17.6 Å². The van der Waals surface area contributed by atoms with Gasteiger partial charge in [0.2, 0.25) is 5.91 Å². The third-order valence-corrected chi connectivity index (χ3v) is 3.73. The van der Waals surface area contributed by atoms with Crippen molar-refractivity contribution >= 4 is 17.6 Å². The van der Waals surface area contributed by atoms with Crippen LogP contribution in [0, 0.1) is 0 Å². The number of carboxylic acid groups (broad SMARTS) is 1. The maximum atomic E-state index is 12.1. The van der Waals surface area contributed by atoms with E-state index in [-0.39, 0.29) is 17.9 Å². The van der Waals surface area contributed by atoms with Crippen LogP contribution in [0.2, 0.25) is 0 Å². The number of carboxylic acids is 1. The molecule has 1 amide bonds. The van der Waals surface area contributed by atoms with Crippen LogP contribution in [0.5, 0.6) is 0 Å². The summed E-state index contributed by atoms with van der Waals surface area (Å²) in [4.78, 5) is 24.8. The van der Waals surface area contributed by atoms with Gasteiger partial charge in [-0.2, -0.15) is 0 Å². The van der Waals surface area contributed by atoms with Crippen LogP contribution in [0.1, 0.15) is 21.5 Å². The monoisotopic (exact) mass is 281 g/mol. The fourth-order valence-electron chi connectivity index (χ4n) is 2.65. The van der Waals surface area contributed by atoms with Crippen LogP contribution in [0.25, 0.3) is 0 Å². The van der Waals surface area contributed by atoms with Crippen molar-refractivity contribution in [2.24, 2.45) is 0 Å². The van der Waals surface area contributed by atoms with Gasteiger partial charge in [0.25, 0.3) is 0 Å². The molecule has 0 unspecified atom stereocenters. The minimum Gasteiger partial charge on any atom is -0.478 e. The van der Waals surface area contributed by atoms with Crippen molar-refractivity contribution in [3.63, 3.8) is 0 Å².